The van der Waals surface area contributed by atoms with Crippen LogP contribution in [0, 0.1) is 0 Å². The molecule has 2 saturated heterocycles. The maximum atomic E-state index is 14.8. The number of benzene rings is 11. The van der Waals surface area contributed by atoms with E-state index in [0.717, 1.165) is 74.0 Å². The van der Waals surface area contributed by atoms with Gasteiger partial charge in [0.05, 0.1) is 65.3 Å². The number of rotatable bonds is 65. The van der Waals surface area contributed by atoms with Crippen LogP contribution in [0.2, 0.25) is 0 Å². The number of hydroxylamine groups is 6. The fourth-order valence-electron chi connectivity index (χ4n) is 16.9. The van der Waals surface area contributed by atoms with Crippen LogP contribution in [0.4, 0.5) is 4.79 Å². The van der Waals surface area contributed by atoms with Crippen LogP contribution < -0.4 is 10.6 Å². The number of aliphatic hydroxyl groups excluding tert-OH is 1. The highest BCUT2D eigenvalue weighted by Gasteiger charge is 2.56. The van der Waals surface area contributed by atoms with Crippen LogP contribution >= 0.6 is 0 Å². The number of likely N-dealkylation sites (N-methyl/N-ethyl adjacent to an activating group) is 1. The molecule has 2 aliphatic rings. The Bertz CT molecular complexity index is 5590. The topological polar surface area (TPSA) is 315 Å². The number of carbonyl (C=O) groups is 7. The van der Waals surface area contributed by atoms with Crippen molar-refractivity contribution in [3.63, 3.8) is 0 Å². The highest BCUT2D eigenvalue weighted by molar-refractivity contribution is 5.84. The molecular formula is C119H140N6O23. The maximum absolute atomic E-state index is 14.8. The summed E-state index contributed by atoms with van der Waals surface area (Å²) in [6.07, 6.45) is -9.39. The third-order valence-corrected chi connectivity index (χ3v) is 25.2. The van der Waals surface area contributed by atoms with E-state index >= 15 is 0 Å². The second-order valence-corrected chi connectivity index (χ2v) is 36.5. The maximum Gasteiger partial charge on any atom is 0.410 e. The Labute approximate surface area is 868 Å². The molecule has 29 heteroatoms. The Kier molecular flexibility index (Phi) is 48.7. The molecule has 0 unspecified atom stereocenters. The number of amides is 6. The molecule has 11 aromatic carbocycles. The van der Waals surface area contributed by atoms with E-state index in [1.165, 1.54) is 20.1 Å². The number of nitrogens with zero attached hydrogens (tertiary/aromatic N) is 4. The standard InChI is InChI=1S/C119H140N6O23/c1-122(119(133)142-85-98-58-30-9-31-59-98)102(89-135-79-92-46-18-3-19-47-92)111-114(139-82-95-52-24-6-25-53-95)115(140-83-96-54-26-7-27-55-96)116(118(147-111)141-84-97-56-28-8-29-57-97)148-117-110(132)113(138-81-94-50-22-5-23-51-94)112(137-80-93-48-20-4-21-49-93)103(146-117)90-136-109(131)71-70-108(130)125(145-88-101-64-36-12-37-65-101)75-41-14-39-73-121-104(126)66-68-106(128)123(143-86-99-60-32-10-33-61-99)74-40-13-38-72-120-105(127)67-69-107(129)124(144-87-100-62-34-11-35-63-100)76-42-15-43-77-134-78-91-44-16-2-17-45-91/h2-12,16-37,44-65,102-103,110-118,132H,13-15,38-43,66-90H2,1H3,(H,120,127)(H,121,126)/t102-,103-,110+,111-,112-,113-,114-,115+,116-,117-,118+/m1/s1. The number of hydrogen-bond donors (Lipinski definition) is 3. The van der Waals surface area contributed by atoms with Crippen LogP contribution in [0.3, 0.4) is 0 Å². The van der Waals surface area contributed by atoms with E-state index in [0.29, 0.717) is 71.2 Å². The zero-order valence-electron chi connectivity index (χ0n) is 84.4. The Morgan fingerprint density at radius 1 is 0.311 bits per heavy atom. The Morgan fingerprint density at radius 3 is 1.03 bits per heavy atom. The first-order chi connectivity index (χ1) is 72.7. The van der Waals surface area contributed by atoms with Crippen molar-refractivity contribution >= 4 is 41.6 Å². The van der Waals surface area contributed by atoms with Gasteiger partial charge in [-0.25, -0.2) is 20.0 Å². The molecule has 2 fully saturated rings. The second-order valence-electron chi connectivity index (χ2n) is 36.5. The molecule has 2 aliphatic heterocycles. The van der Waals surface area contributed by atoms with Crippen molar-refractivity contribution in [2.75, 3.05) is 59.6 Å². The number of aliphatic hydroxyl groups is 1. The molecule has 0 aromatic heterocycles. The van der Waals surface area contributed by atoms with Gasteiger partial charge in [0.2, 0.25) is 29.5 Å². The van der Waals surface area contributed by atoms with Gasteiger partial charge in [0.25, 0.3) is 0 Å². The number of nitrogens with one attached hydrogen (secondary N) is 2. The molecule has 0 spiro atoms. The summed E-state index contributed by atoms with van der Waals surface area (Å²) >= 11 is 0. The van der Waals surface area contributed by atoms with Crippen molar-refractivity contribution < 1.29 is 110 Å². The number of esters is 1. The van der Waals surface area contributed by atoms with Crippen molar-refractivity contribution in [2.45, 2.75) is 236 Å². The molecule has 11 atom stereocenters. The van der Waals surface area contributed by atoms with Crippen molar-refractivity contribution in [2.24, 2.45) is 0 Å². The van der Waals surface area contributed by atoms with E-state index in [2.05, 4.69) is 10.6 Å². The summed E-state index contributed by atoms with van der Waals surface area (Å²) in [5, 5.41) is 23.2. The van der Waals surface area contributed by atoms with E-state index in [-0.39, 0.29) is 148 Å². The molecular weight excluding hydrogens is 1880 g/mol. The molecule has 0 aliphatic carbocycles. The average Bonchev–Trinajstić information content (AvgIpc) is 0.757. The molecule has 29 nitrogen and oxygen atoms in total. The summed E-state index contributed by atoms with van der Waals surface area (Å²) in [5.41, 5.74) is 9.24. The fourth-order valence-corrected chi connectivity index (χ4v) is 16.9. The van der Waals surface area contributed by atoms with E-state index in [9.17, 15) is 38.7 Å². The largest absolute Gasteiger partial charge is 0.463 e. The predicted molar refractivity (Wildman–Crippen MR) is 555 cm³/mol. The molecule has 2 heterocycles. The zero-order chi connectivity index (χ0) is 103. The molecule has 0 bridgehead atoms. The Hall–Kier alpha value is -13.1. The van der Waals surface area contributed by atoms with Gasteiger partial charge in [0.15, 0.2) is 12.6 Å². The summed E-state index contributed by atoms with van der Waals surface area (Å²) in [6.45, 7) is 2.40. The van der Waals surface area contributed by atoms with Crippen molar-refractivity contribution in [3.8, 4) is 0 Å². The minimum Gasteiger partial charge on any atom is -0.463 e. The highest BCUT2D eigenvalue weighted by Crippen LogP contribution is 2.39. The summed E-state index contributed by atoms with van der Waals surface area (Å²) in [7, 11) is 1.62. The number of ether oxygens (including phenoxy) is 12. The van der Waals surface area contributed by atoms with Crippen molar-refractivity contribution in [3.05, 3.63) is 395 Å². The van der Waals surface area contributed by atoms with Gasteiger partial charge < -0.3 is 77.5 Å². The van der Waals surface area contributed by atoms with Crippen LogP contribution in [0.15, 0.2) is 334 Å². The lowest BCUT2D eigenvalue weighted by Gasteiger charge is -2.51. The Balaban J connectivity index is 0.644. The smallest absolute Gasteiger partial charge is 0.410 e. The first-order valence-corrected chi connectivity index (χ1v) is 51.4. The van der Waals surface area contributed by atoms with Gasteiger partial charge >= 0.3 is 12.1 Å². The summed E-state index contributed by atoms with van der Waals surface area (Å²) in [6, 6.07) is 104. The molecule has 148 heavy (non-hydrogen) atoms. The second kappa shape index (κ2) is 64.3. The lowest BCUT2D eigenvalue weighted by atomic mass is 9.92. The van der Waals surface area contributed by atoms with Gasteiger partial charge in [-0.05, 0) is 119 Å². The van der Waals surface area contributed by atoms with Gasteiger partial charge in [-0.2, -0.15) is 0 Å². The summed E-state index contributed by atoms with van der Waals surface area (Å²) < 4.78 is 81.9. The monoisotopic (exact) mass is 2020 g/mol. The molecule has 0 saturated carbocycles. The first-order valence-electron chi connectivity index (χ1n) is 51.4. The minimum atomic E-state index is -1.68. The molecule has 13 rings (SSSR count). The molecule has 784 valence electrons. The van der Waals surface area contributed by atoms with Crippen molar-refractivity contribution in [1.29, 1.82) is 0 Å². The van der Waals surface area contributed by atoms with E-state index < -0.39 is 98.5 Å². The normalized spacial score (nSPS) is 17.6. The summed E-state index contributed by atoms with van der Waals surface area (Å²) in [4.78, 5) is 118. The number of hydrogen-bond acceptors (Lipinski definition) is 23. The quantitative estimate of drug-likeness (QED) is 0.0181. The summed E-state index contributed by atoms with van der Waals surface area (Å²) in [5.74, 6) is -2.47. The number of carbonyl (C=O) groups excluding carboxylic acids is 7. The van der Waals surface area contributed by atoms with Crippen LogP contribution in [0.1, 0.15) is 158 Å². The fraction of sp³-hybridized carbons (Fsp3) is 0.387. The zero-order valence-corrected chi connectivity index (χ0v) is 84.4. The van der Waals surface area contributed by atoms with Gasteiger partial charge in [-0.15, -0.1) is 0 Å². The predicted octanol–water partition coefficient (Wildman–Crippen LogP) is 18.3. The van der Waals surface area contributed by atoms with Gasteiger partial charge in [-0.3, -0.25) is 43.3 Å². The lowest BCUT2D eigenvalue weighted by Crippen LogP contribution is -2.68. The van der Waals surface area contributed by atoms with Crippen LogP contribution in [0.25, 0.3) is 0 Å². The van der Waals surface area contributed by atoms with Gasteiger partial charge in [-0.1, -0.05) is 334 Å². The van der Waals surface area contributed by atoms with E-state index in [1.54, 1.807) is 7.05 Å². The van der Waals surface area contributed by atoms with E-state index in [1.807, 2.05) is 334 Å². The average molecular weight is 2020 g/mol. The SMILES string of the molecule is CN(C(=O)OCc1ccccc1)[C@H](COCc1ccccc1)[C@H]1O[C@H](OCc2ccccc2)[C@H](O[C@H]2O[C@H](COC(=O)CCC(=O)N(CCCCCNC(=O)CCC(=O)N(CCCCCNC(=O)CCC(=O)N(CCCCCOCc3ccccc3)OCc3ccccc3)OCc3ccccc3)OCc3ccccc3)[C@@H](OCc3ccccc3)[C@H](OCc3ccccc3)[C@@H]2O)[C@@H](OCc2ccccc2)[C@@H]1OCc1ccccc1. The number of unbranched alkanes of at least 4 members (excludes halogenated alkanes) is 6. The van der Waals surface area contributed by atoms with Crippen LogP contribution in [-0.2, 0) is 173 Å². The van der Waals surface area contributed by atoms with Gasteiger partial charge in [0.1, 0.15) is 81.9 Å². The molecule has 0 radical (unpaired) electrons. The van der Waals surface area contributed by atoms with Crippen molar-refractivity contribution in [1.82, 2.24) is 30.7 Å². The third-order valence-electron chi connectivity index (χ3n) is 25.2. The van der Waals surface area contributed by atoms with Gasteiger partial charge in [0, 0.05) is 78.5 Å². The Morgan fingerprint density at radius 2 is 0.635 bits per heavy atom. The van der Waals surface area contributed by atoms with Crippen LogP contribution in [-0.4, -0.2) is 194 Å². The van der Waals surface area contributed by atoms with E-state index in [4.69, 9.17) is 71.4 Å². The third kappa shape index (κ3) is 39.5. The highest BCUT2D eigenvalue weighted by atomic mass is 16.8. The first kappa shape index (κ1) is 112. The lowest BCUT2D eigenvalue weighted by molar-refractivity contribution is -0.381. The molecule has 6 amide bonds. The molecule has 3 N–H and O–H groups in total. The van der Waals surface area contributed by atoms with Crippen LogP contribution in [0.5, 0.6) is 0 Å². The molecule has 11 aromatic rings. The minimum absolute atomic E-state index is 0.00000921.